The Hall–Kier alpha value is -3.49. The summed E-state index contributed by atoms with van der Waals surface area (Å²) >= 11 is 0. The van der Waals surface area contributed by atoms with E-state index in [2.05, 4.69) is 25.3 Å². The number of alkyl halides is 3. The molecule has 136 valence electrons. The van der Waals surface area contributed by atoms with Crippen LogP contribution in [0.1, 0.15) is 5.56 Å². The second-order valence-corrected chi connectivity index (χ2v) is 5.70. The summed E-state index contributed by atoms with van der Waals surface area (Å²) < 4.78 is 52.2. The predicted octanol–water partition coefficient (Wildman–Crippen LogP) is 4.92. The van der Waals surface area contributed by atoms with Crippen LogP contribution in [0.25, 0.3) is 22.4 Å². The van der Waals surface area contributed by atoms with Crippen LogP contribution in [0.4, 0.5) is 29.2 Å². The van der Waals surface area contributed by atoms with E-state index < -0.39 is 17.6 Å². The van der Waals surface area contributed by atoms with Gasteiger partial charge >= 0.3 is 6.18 Å². The molecule has 0 bridgehead atoms. The zero-order chi connectivity index (χ0) is 19.0. The molecule has 0 atom stereocenters. The number of halogens is 4. The molecule has 0 radical (unpaired) electrons. The Balaban J connectivity index is 1.70. The fraction of sp³-hybridized carbons (Fsp3) is 0.0556. The molecule has 0 amide bonds. The van der Waals surface area contributed by atoms with Crippen molar-refractivity contribution >= 4 is 22.7 Å². The molecule has 1 aromatic carbocycles. The van der Waals surface area contributed by atoms with Crippen molar-refractivity contribution in [3.8, 4) is 11.4 Å². The maximum atomic E-state index is 13.5. The summed E-state index contributed by atoms with van der Waals surface area (Å²) in [5.74, 6) is -0.0686. The number of hydrogen-bond donors (Lipinski definition) is 2. The number of hydrogen-bond acceptors (Lipinski definition) is 4. The summed E-state index contributed by atoms with van der Waals surface area (Å²) in [6.45, 7) is 0. The molecular weight excluding hydrogens is 362 g/mol. The van der Waals surface area contributed by atoms with Gasteiger partial charge in [0, 0.05) is 17.8 Å². The van der Waals surface area contributed by atoms with Crippen molar-refractivity contribution in [3.05, 3.63) is 66.2 Å². The van der Waals surface area contributed by atoms with Crippen molar-refractivity contribution in [2.75, 3.05) is 5.32 Å². The maximum absolute atomic E-state index is 13.5. The van der Waals surface area contributed by atoms with E-state index in [9.17, 15) is 17.6 Å². The summed E-state index contributed by atoms with van der Waals surface area (Å²) in [5, 5.41) is 3.01. The van der Waals surface area contributed by atoms with Crippen molar-refractivity contribution < 1.29 is 17.6 Å². The summed E-state index contributed by atoms with van der Waals surface area (Å²) in [5.41, 5.74) is -0.180. The lowest BCUT2D eigenvalue weighted by Crippen LogP contribution is -2.08. The minimum atomic E-state index is -4.78. The van der Waals surface area contributed by atoms with Gasteiger partial charge in [-0.15, -0.1) is 0 Å². The van der Waals surface area contributed by atoms with Crippen LogP contribution >= 0.6 is 0 Å². The zero-order valence-electron chi connectivity index (χ0n) is 13.5. The highest BCUT2D eigenvalue weighted by atomic mass is 19.4. The molecule has 0 fully saturated rings. The molecule has 0 aliphatic carbocycles. The number of fused-ring (bicyclic) bond motifs is 1. The Morgan fingerprint density at radius 1 is 0.963 bits per heavy atom. The van der Waals surface area contributed by atoms with Crippen molar-refractivity contribution in [3.63, 3.8) is 0 Å². The van der Waals surface area contributed by atoms with Gasteiger partial charge in [0.2, 0.25) is 0 Å². The molecule has 0 spiro atoms. The second kappa shape index (κ2) is 6.35. The molecule has 4 aromatic rings. The standard InChI is InChI=1S/C18H11F4N5/c19-12-5-4-10(7-11(12)18(20,21)22)17-25-13-8-16(24-9-14(13)26-17)27-15-3-1-2-6-23-15/h1-9H,(H,25,26)(H,23,24,27). The topological polar surface area (TPSA) is 66.5 Å². The lowest BCUT2D eigenvalue weighted by Gasteiger charge is -2.08. The molecular formula is C18H11F4N5. The average molecular weight is 373 g/mol. The summed E-state index contributed by atoms with van der Waals surface area (Å²) in [6.07, 6.45) is -1.65. The van der Waals surface area contributed by atoms with Crippen LogP contribution in [-0.4, -0.2) is 19.9 Å². The summed E-state index contributed by atoms with van der Waals surface area (Å²) in [4.78, 5) is 15.5. The van der Waals surface area contributed by atoms with Crippen LogP contribution in [0.5, 0.6) is 0 Å². The first-order chi connectivity index (χ1) is 12.9. The number of rotatable bonds is 3. The van der Waals surface area contributed by atoms with Crippen LogP contribution in [0.15, 0.2) is 54.9 Å². The Kier molecular flexibility index (Phi) is 3.98. The normalized spacial score (nSPS) is 11.7. The quantitative estimate of drug-likeness (QED) is 0.500. The number of aromatic nitrogens is 4. The van der Waals surface area contributed by atoms with Gasteiger partial charge < -0.3 is 10.3 Å². The lowest BCUT2D eigenvalue weighted by atomic mass is 10.1. The van der Waals surface area contributed by atoms with Crippen molar-refractivity contribution in [2.45, 2.75) is 6.18 Å². The van der Waals surface area contributed by atoms with Gasteiger partial charge in [-0.25, -0.2) is 19.3 Å². The maximum Gasteiger partial charge on any atom is 0.419 e. The second-order valence-electron chi connectivity index (χ2n) is 5.70. The minimum Gasteiger partial charge on any atom is -0.337 e. The van der Waals surface area contributed by atoms with Crippen LogP contribution in [0, 0.1) is 5.82 Å². The lowest BCUT2D eigenvalue weighted by molar-refractivity contribution is -0.139. The third-order valence-electron chi connectivity index (χ3n) is 3.83. The van der Waals surface area contributed by atoms with Gasteiger partial charge in [0.15, 0.2) is 0 Å². The minimum absolute atomic E-state index is 0.124. The predicted molar refractivity (Wildman–Crippen MR) is 91.8 cm³/mol. The highest BCUT2D eigenvalue weighted by molar-refractivity contribution is 5.81. The number of H-pyrrole nitrogens is 1. The molecule has 4 rings (SSSR count). The number of nitrogens with one attached hydrogen (secondary N) is 2. The molecule has 0 unspecified atom stereocenters. The van der Waals surface area contributed by atoms with E-state index in [1.54, 1.807) is 24.4 Å². The highest BCUT2D eigenvalue weighted by Crippen LogP contribution is 2.34. The first-order valence-corrected chi connectivity index (χ1v) is 7.81. The molecule has 0 saturated heterocycles. The van der Waals surface area contributed by atoms with Gasteiger partial charge in [-0.1, -0.05) is 6.07 Å². The van der Waals surface area contributed by atoms with Crippen LogP contribution in [0.3, 0.4) is 0 Å². The van der Waals surface area contributed by atoms with Crippen molar-refractivity contribution in [1.82, 2.24) is 19.9 Å². The molecule has 9 heteroatoms. The molecule has 0 aliphatic heterocycles. The molecule has 3 aromatic heterocycles. The highest BCUT2D eigenvalue weighted by Gasteiger charge is 2.34. The molecule has 0 aliphatic rings. The monoisotopic (exact) mass is 373 g/mol. The van der Waals surface area contributed by atoms with Gasteiger partial charge in [-0.3, -0.25) is 0 Å². The SMILES string of the molecule is Fc1ccc(-c2nc3cc(Nc4ccccn4)ncc3[nH]2)cc1C(F)(F)F. The van der Waals surface area contributed by atoms with Crippen molar-refractivity contribution in [2.24, 2.45) is 0 Å². The third kappa shape index (κ3) is 3.43. The fourth-order valence-electron chi connectivity index (χ4n) is 2.57. The van der Waals surface area contributed by atoms with Gasteiger partial charge in [0.25, 0.3) is 0 Å². The van der Waals surface area contributed by atoms with Gasteiger partial charge in [0.1, 0.15) is 23.3 Å². The van der Waals surface area contributed by atoms with E-state index in [0.29, 0.717) is 22.7 Å². The first-order valence-electron chi connectivity index (χ1n) is 7.81. The Labute approximate surface area is 150 Å². The Bertz CT molecular complexity index is 1110. The van der Waals surface area contributed by atoms with Crippen LogP contribution in [0.2, 0.25) is 0 Å². The molecule has 3 heterocycles. The summed E-state index contributed by atoms with van der Waals surface area (Å²) in [6, 6.07) is 9.73. The summed E-state index contributed by atoms with van der Waals surface area (Å²) in [7, 11) is 0. The fourth-order valence-corrected chi connectivity index (χ4v) is 2.57. The van der Waals surface area contributed by atoms with E-state index in [1.807, 2.05) is 6.07 Å². The number of pyridine rings is 2. The third-order valence-corrected chi connectivity index (χ3v) is 3.83. The Morgan fingerprint density at radius 2 is 1.81 bits per heavy atom. The molecule has 27 heavy (non-hydrogen) atoms. The van der Waals surface area contributed by atoms with E-state index >= 15 is 0 Å². The zero-order valence-corrected chi connectivity index (χ0v) is 13.5. The van der Waals surface area contributed by atoms with Crippen LogP contribution in [-0.2, 0) is 6.18 Å². The number of nitrogens with zero attached hydrogens (tertiary/aromatic N) is 3. The first kappa shape index (κ1) is 17.0. The van der Waals surface area contributed by atoms with E-state index in [4.69, 9.17) is 0 Å². The van der Waals surface area contributed by atoms with E-state index in [-0.39, 0.29) is 11.4 Å². The average Bonchev–Trinajstić information content (AvgIpc) is 3.05. The number of imidazole rings is 1. The molecule has 2 N–H and O–H groups in total. The molecule has 5 nitrogen and oxygen atoms in total. The van der Waals surface area contributed by atoms with Crippen LogP contribution < -0.4 is 5.32 Å². The smallest absolute Gasteiger partial charge is 0.337 e. The van der Waals surface area contributed by atoms with E-state index in [1.165, 1.54) is 12.3 Å². The van der Waals surface area contributed by atoms with Gasteiger partial charge in [-0.2, -0.15) is 13.2 Å². The van der Waals surface area contributed by atoms with E-state index in [0.717, 1.165) is 12.1 Å². The number of aromatic amines is 1. The van der Waals surface area contributed by atoms with Gasteiger partial charge in [-0.05, 0) is 30.3 Å². The van der Waals surface area contributed by atoms with Crippen molar-refractivity contribution in [1.29, 1.82) is 0 Å². The molecule has 0 saturated carbocycles. The number of anilines is 2. The van der Waals surface area contributed by atoms with Gasteiger partial charge in [0.05, 0.1) is 22.8 Å². The largest absolute Gasteiger partial charge is 0.419 e. The Morgan fingerprint density at radius 3 is 2.56 bits per heavy atom. The number of benzene rings is 1.